The van der Waals surface area contributed by atoms with E-state index in [0.29, 0.717) is 12.5 Å². The number of nitrogens with one attached hydrogen (secondary N) is 1. The standard InChI is InChI=1S/C15H24N2O2S/c1-2-20(18,19)16-12-14-8-10-17(11-9-14)13-15-6-4-3-5-7-15/h3-7,14,16H,2,8-13H2,1H3. The molecule has 0 unspecified atom stereocenters. The van der Waals surface area contributed by atoms with Crippen molar-refractivity contribution in [2.75, 3.05) is 25.4 Å². The summed E-state index contributed by atoms with van der Waals surface area (Å²) in [6.45, 7) is 5.36. The van der Waals surface area contributed by atoms with Gasteiger partial charge in [-0.05, 0) is 44.3 Å². The highest BCUT2D eigenvalue weighted by Gasteiger charge is 2.20. The van der Waals surface area contributed by atoms with Gasteiger partial charge in [-0.2, -0.15) is 0 Å². The average Bonchev–Trinajstić information content (AvgIpc) is 2.48. The minimum Gasteiger partial charge on any atom is -0.299 e. The summed E-state index contributed by atoms with van der Waals surface area (Å²) in [6, 6.07) is 10.5. The van der Waals surface area contributed by atoms with Crippen LogP contribution in [0.4, 0.5) is 0 Å². The molecule has 1 aliphatic rings. The molecule has 5 heteroatoms. The third kappa shape index (κ3) is 4.89. The monoisotopic (exact) mass is 296 g/mol. The first kappa shape index (κ1) is 15.5. The van der Waals surface area contributed by atoms with E-state index in [0.717, 1.165) is 32.5 Å². The van der Waals surface area contributed by atoms with Crippen molar-refractivity contribution in [1.29, 1.82) is 0 Å². The second-order valence-electron chi connectivity index (χ2n) is 5.46. The molecule has 1 N–H and O–H groups in total. The van der Waals surface area contributed by atoms with Gasteiger partial charge in [0, 0.05) is 13.1 Å². The van der Waals surface area contributed by atoms with E-state index in [4.69, 9.17) is 0 Å². The van der Waals surface area contributed by atoms with Crippen molar-refractivity contribution in [3.8, 4) is 0 Å². The zero-order chi connectivity index (χ0) is 14.4. The van der Waals surface area contributed by atoms with Crippen LogP contribution in [0.2, 0.25) is 0 Å². The van der Waals surface area contributed by atoms with Crippen LogP contribution in [0.25, 0.3) is 0 Å². The zero-order valence-electron chi connectivity index (χ0n) is 12.1. The number of likely N-dealkylation sites (tertiary alicyclic amines) is 1. The highest BCUT2D eigenvalue weighted by atomic mass is 32.2. The first-order chi connectivity index (χ1) is 9.59. The molecule has 0 bridgehead atoms. The van der Waals surface area contributed by atoms with Crippen molar-refractivity contribution in [3.63, 3.8) is 0 Å². The third-order valence-corrected chi connectivity index (χ3v) is 5.29. The maximum absolute atomic E-state index is 11.4. The van der Waals surface area contributed by atoms with Gasteiger partial charge in [0.05, 0.1) is 5.75 Å². The van der Waals surface area contributed by atoms with E-state index in [1.54, 1.807) is 6.92 Å². The smallest absolute Gasteiger partial charge is 0.211 e. The normalized spacial score (nSPS) is 18.2. The fourth-order valence-electron chi connectivity index (χ4n) is 2.54. The molecule has 0 saturated carbocycles. The lowest BCUT2D eigenvalue weighted by atomic mass is 9.97. The topological polar surface area (TPSA) is 49.4 Å². The molecular weight excluding hydrogens is 272 g/mol. The molecule has 1 aromatic carbocycles. The van der Waals surface area contributed by atoms with Crippen molar-refractivity contribution in [1.82, 2.24) is 9.62 Å². The van der Waals surface area contributed by atoms with Gasteiger partial charge in [0.15, 0.2) is 0 Å². The molecule has 1 saturated heterocycles. The first-order valence-electron chi connectivity index (χ1n) is 7.32. The SMILES string of the molecule is CCS(=O)(=O)NCC1CCN(Cc2ccccc2)CC1. The summed E-state index contributed by atoms with van der Waals surface area (Å²) in [5, 5.41) is 0. The summed E-state index contributed by atoms with van der Waals surface area (Å²) in [4.78, 5) is 2.44. The van der Waals surface area contributed by atoms with Gasteiger partial charge in [0.2, 0.25) is 10.0 Å². The Kier molecular flexibility index (Phi) is 5.57. The molecule has 0 radical (unpaired) electrons. The van der Waals surface area contributed by atoms with Crippen LogP contribution in [0.1, 0.15) is 25.3 Å². The number of hydrogen-bond acceptors (Lipinski definition) is 3. The molecule has 1 fully saturated rings. The Bertz CT molecular complexity index is 494. The van der Waals surface area contributed by atoms with Crippen molar-refractivity contribution >= 4 is 10.0 Å². The lowest BCUT2D eigenvalue weighted by Gasteiger charge is -2.32. The highest BCUT2D eigenvalue weighted by Crippen LogP contribution is 2.18. The van der Waals surface area contributed by atoms with Crippen LogP contribution in [0.15, 0.2) is 30.3 Å². The molecule has 0 amide bonds. The first-order valence-corrected chi connectivity index (χ1v) is 8.98. The van der Waals surface area contributed by atoms with E-state index in [1.165, 1.54) is 5.56 Å². The van der Waals surface area contributed by atoms with Crippen LogP contribution in [-0.4, -0.2) is 38.7 Å². The number of hydrogen-bond donors (Lipinski definition) is 1. The van der Waals surface area contributed by atoms with Gasteiger partial charge >= 0.3 is 0 Å². The van der Waals surface area contributed by atoms with Crippen LogP contribution >= 0.6 is 0 Å². The third-order valence-electron chi connectivity index (χ3n) is 3.93. The maximum Gasteiger partial charge on any atom is 0.211 e. The summed E-state index contributed by atoms with van der Waals surface area (Å²) in [5.41, 5.74) is 1.35. The molecule has 0 aliphatic carbocycles. The molecule has 4 nitrogen and oxygen atoms in total. The van der Waals surface area contributed by atoms with Crippen LogP contribution in [0.3, 0.4) is 0 Å². The van der Waals surface area contributed by atoms with E-state index in [-0.39, 0.29) is 5.75 Å². The van der Waals surface area contributed by atoms with Crippen LogP contribution in [-0.2, 0) is 16.6 Å². The second-order valence-corrected chi connectivity index (χ2v) is 7.55. The largest absolute Gasteiger partial charge is 0.299 e. The molecule has 2 rings (SSSR count). The van der Waals surface area contributed by atoms with Crippen LogP contribution in [0, 0.1) is 5.92 Å². The minimum absolute atomic E-state index is 0.167. The molecule has 0 aromatic heterocycles. The Morgan fingerprint density at radius 2 is 1.85 bits per heavy atom. The Hall–Kier alpha value is -0.910. The van der Waals surface area contributed by atoms with E-state index < -0.39 is 10.0 Å². The number of piperidine rings is 1. The summed E-state index contributed by atoms with van der Waals surface area (Å²) in [5.74, 6) is 0.642. The molecule has 20 heavy (non-hydrogen) atoms. The molecule has 1 aliphatic heterocycles. The van der Waals surface area contributed by atoms with Crippen molar-refractivity contribution < 1.29 is 8.42 Å². The summed E-state index contributed by atoms with van der Waals surface area (Å²) in [7, 11) is -3.04. The molecule has 112 valence electrons. The van der Waals surface area contributed by atoms with E-state index >= 15 is 0 Å². The fourth-order valence-corrected chi connectivity index (χ4v) is 3.23. The predicted molar refractivity (Wildman–Crippen MR) is 81.9 cm³/mol. The van der Waals surface area contributed by atoms with E-state index in [1.807, 2.05) is 6.07 Å². The van der Waals surface area contributed by atoms with E-state index in [2.05, 4.69) is 33.9 Å². The fraction of sp³-hybridized carbons (Fsp3) is 0.600. The van der Waals surface area contributed by atoms with Gasteiger partial charge in [-0.3, -0.25) is 4.90 Å². The molecule has 1 aromatic rings. The number of sulfonamides is 1. The number of nitrogens with zero attached hydrogens (tertiary/aromatic N) is 1. The maximum atomic E-state index is 11.4. The molecule has 1 heterocycles. The van der Waals surface area contributed by atoms with Gasteiger partial charge in [0.25, 0.3) is 0 Å². The predicted octanol–water partition coefficient (Wildman–Crippen LogP) is 1.84. The number of benzene rings is 1. The van der Waals surface area contributed by atoms with Gasteiger partial charge in [0.1, 0.15) is 0 Å². The van der Waals surface area contributed by atoms with Crippen molar-refractivity contribution in [2.45, 2.75) is 26.3 Å². The van der Waals surface area contributed by atoms with Gasteiger partial charge < -0.3 is 0 Å². The van der Waals surface area contributed by atoms with Crippen LogP contribution < -0.4 is 4.72 Å². The van der Waals surface area contributed by atoms with Crippen molar-refractivity contribution in [2.24, 2.45) is 5.92 Å². The van der Waals surface area contributed by atoms with Gasteiger partial charge in [-0.25, -0.2) is 13.1 Å². The summed E-state index contributed by atoms with van der Waals surface area (Å²) in [6.07, 6.45) is 2.14. The Labute approximate surface area is 122 Å². The minimum atomic E-state index is -3.04. The lowest BCUT2D eigenvalue weighted by Crippen LogP contribution is -2.38. The van der Waals surface area contributed by atoms with Gasteiger partial charge in [-0.1, -0.05) is 30.3 Å². The summed E-state index contributed by atoms with van der Waals surface area (Å²) >= 11 is 0. The van der Waals surface area contributed by atoms with E-state index in [9.17, 15) is 8.42 Å². The quantitative estimate of drug-likeness (QED) is 0.871. The summed E-state index contributed by atoms with van der Waals surface area (Å²) < 4.78 is 25.5. The average molecular weight is 296 g/mol. The lowest BCUT2D eigenvalue weighted by molar-refractivity contribution is 0.178. The molecule has 0 spiro atoms. The Balaban J connectivity index is 1.73. The van der Waals surface area contributed by atoms with Gasteiger partial charge in [-0.15, -0.1) is 0 Å². The Morgan fingerprint density at radius 3 is 2.45 bits per heavy atom. The highest BCUT2D eigenvalue weighted by molar-refractivity contribution is 7.89. The molecule has 0 atom stereocenters. The van der Waals surface area contributed by atoms with Crippen molar-refractivity contribution in [3.05, 3.63) is 35.9 Å². The number of rotatable bonds is 6. The zero-order valence-corrected chi connectivity index (χ0v) is 12.9. The Morgan fingerprint density at radius 1 is 1.20 bits per heavy atom. The van der Waals surface area contributed by atoms with Crippen LogP contribution in [0.5, 0.6) is 0 Å². The second kappa shape index (κ2) is 7.20. The molecular formula is C15H24N2O2S.